The molecule has 0 amide bonds. The Morgan fingerprint density at radius 1 is 1.20 bits per heavy atom. The highest BCUT2D eigenvalue weighted by Crippen LogP contribution is 2.43. The van der Waals surface area contributed by atoms with Gasteiger partial charge in [-0.2, -0.15) is 17.5 Å². The van der Waals surface area contributed by atoms with E-state index in [0.29, 0.717) is 43.7 Å². The smallest absolute Gasteiger partial charge is 0.475 e. The monoisotopic (exact) mass is 516 g/mol. The minimum atomic E-state index is -5.08. The molecule has 1 aromatic carbocycles. The molecular weight excluding hydrogens is 489 g/mol. The standard InChI is InChI=1S/C21H26N2O4S.C2HF3O2/c1-17-2-4-20(5-3-17)28(24,25)23-15-21(16-23)19(9-13-27-21)8-12-26-14-18-6-10-22-11-7-18;3-2(4,5)1(6)7/h2-7,10-11,19H,8-9,12-16H2,1H3;(H,6,7). The number of alkyl halides is 3. The Morgan fingerprint density at radius 2 is 1.80 bits per heavy atom. The molecule has 3 heterocycles. The lowest BCUT2D eigenvalue weighted by atomic mass is 9.80. The first-order chi connectivity index (χ1) is 16.4. The van der Waals surface area contributed by atoms with Crippen LogP contribution in [0.5, 0.6) is 0 Å². The molecule has 1 atom stereocenters. The molecule has 35 heavy (non-hydrogen) atoms. The highest BCUT2D eigenvalue weighted by Gasteiger charge is 2.56. The molecule has 2 saturated heterocycles. The lowest BCUT2D eigenvalue weighted by molar-refractivity contribution is -0.192. The van der Waals surface area contributed by atoms with E-state index in [1.165, 1.54) is 4.31 Å². The number of halogens is 3. The van der Waals surface area contributed by atoms with E-state index in [1.54, 1.807) is 24.5 Å². The number of carboxylic acid groups (broad SMARTS) is 1. The molecule has 2 aliphatic heterocycles. The number of carbonyl (C=O) groups is 1. The fraction of sp³-hybridized carbons (Fsp3) is 0.478. The Hall–Kier alpha value is -2.54. The number of sulfonamides is 1. The third-order valence-corrected chi connectivity index (χ3v) is 7.82. The summed E-state index contributed by atoms with van der Waals surface area (Å²) < 4.78 is 70.8. The van der Waals surface area contributed by atoms with Crippen molar-refractivity contribution in [2.24, 2.45) is 5.92 Å². The van der Waals surface area contributed by atoms with Gasteiger partial charge in [-0.1, -0.05) is 17.7 Å². The first kappa shape index (κ1) is 27.1. The van der Waals surface area contributed by atoms with Crippen molar-refractivity contribution >= 4 is 16.0 Å². The van der Waals surface area contributed by atoms with Crippen LogP contribution >= 0.6 is 0 Å². The zero-order valence-electron chi connectivity index (χ0n) is 19.1. The van der Waals surface area contributed by atoms with E-state index >= 15 is 0 Å². The van der Waals surface area contributed by atoms with Crippen molar-refractivity contribution in [3.63, 3.8) is 0 Å². The van der Waals surface area contributed by atoms with Crippen LogP contribution in [0.4, 0.5) is 13.2 Å². The van der Waals surface area contributed by atoms with Crippen LogP contribution in [0.1, 0.15) is 24.0 Å². The first-order valence-electron chi connectivity index (χ1n) is 10.9. The van der Waals surface area contributed by atoms with E-state index in [4.69, 9.17) is 19.4 Å². The second-order valence-corrected chi connectivity index (χ2v) is 10.4. The number of pyridine rings is 1. The number of aromatic nitrogens is 1. The van der Waals surface area contributed by atoms with Gasteiger partial charge in [0.15, 0.2) is 0 Å². The maximum Gasteiger partial charge on any atom is 0.490 e. The highest BCUT2D eigenvalue weighted by atomic mass is 32.2. The fourth-order valence-corrected chi connectivity index (χ4v) is 5.57. The van der Waals surface area contributed by atoms with Gasteiger partial charge < -0.3 is 14.6 Å². The normalized spacial score (nSPS) is 19.6. The molecule has 1 unspecified atom stereocenters. The third-order valence-electron chi connectivity index (χ3n) is 6.02. The molecule has 1 N–H and O–H groups in total. The maximum absolute atomic E-state index is 12.8. The summed E-state index contributed by atoms with van der Waals surface area (Å²) in [7, 11) is -3.45. The largest absolute Gasteiger partial charge is 0.490 e. The molecule has 0 radical (unpaired) electrons. The van der Waals surface area contributed by atoms with Crippen LogP contribution in [0, 0.1) is 12.8 Å². The quantitative estimate of drug-likeness (QED) is 0.562. The van der Waals surface area contributed by atoms with E-state index in [0.717, 1.165) is 24.0 Å². The van der Waals surface area contributed by atoms with Crippen LogP contribution in [-0.4, -0.2) is 66.9 Å². The number of hydrogen-bond donors (Lipinski definition) is 1. The third kappa shape index (κ3) is 6.78. The van der Waals surface area contributed by atoms with E-state index < -0.39 is 22.2 Å². The summed E-state index contributed by atoms with van der Waals surface area (Å²) in [4.78, 5) is 13.2. The Morgan fingerprint density at radius 3 is 2.37 bits per heavy atom. The number of carboxylic acids is 1. The average molecular weight is 517 g/mol. The summed E-state index contributed by atoms with van der Waals surface area (Å²) in [6, 6.07) is 10.9. The van der Waals surface area contributed by atoms with Crippen molar-refractivity contribution in [3.8, 4) is 0 Å². The van der Waals surface area contributed by atoms with Gasteiger partial charge in [-0.25, -0.2) is 13.2 Å². The number of aliphatic carboxylic acids is 1. The number of nitrogens with zero attached hydrogens (tertiary/aromatic N) is 2. The van der Waals surface area contributed by atoms with Gasteiger partial charge in [-0.15, -0.1) is 0 Å². The molecule has 192 valence electrons. The van der Waals surface area contributed by atoms with Gasteiger partial charge in [0, 0.05) is 38.7 Å². The average Bonchev–Trinajstić information content (AvgIpc) is 3.21. The van der Waals surface area contributed by atoms with Gasteiger partial charge in [0.05, 0.1) is 17.1 Å². The van der Waals surface area contributed by atoms with Gasteiger partial charge in [-0.3, -0.25) is 4.98 Å². The molecule has 8 nitrogen and oxygen atoms in total. The Labute approximate surface area is 201 Å². The summed E-state index contributed by atoms with van der Waals surface area (Å²) in [6.07, 6.45) is 0.270. The number of aryl methyl sites for hydroxylation is 1. The zero-order chi connectivity index (χ0) is 25.7. The van der Waals surface area contributed by atoms with Gasteiger partial charge in [0.25, 0.3) is 0 Å². The van der Waals surface area contributed by atoms with Gasteiger partial charge in [0.1, 0.15) is 0 Å². The summed E-state index contributed by atoms with van der Waals surface area (Å²) >= 11 is 0. The SMILES string of the molecule is Cc1ccc(S(=O)(=O)N2CC3(C2)OCCC3CCOCc2ccncc2)cc1.O=C(O)C(F)(F)F. The van der Waals surface area contributed by atoms with Crippen LogP contribution in [0.15, 0.2) is 53.7 Å². The summed E-state index contributed by atoms with van der Waals surface area (Å²) in [5.41, 5.74) is 1.80. The number of rotatable bonds is 7. The van der Waals surface area contributed by atoms with Crippen LogP contribution in [0.2, 0.25) is 0 Å². The molecule has 0 saturated carbocycles. The van der Waals surface area contributed by atoms with Gasteiger partial charge in [0.2, 0.25) is 10.0 Å². The van der Waals surface area contributed by atoms with Crippen molar-refractivity contribution in [1.82, 2.24) is 9.29 Å². The van der Waals surface area contributed by atoms with Crippen molar-refractivity contribution in [2.45, 2.75) is 43.0 Å². The summed E-state index contributed by atoms with van der Waals surface area (Å²) in [5, 5.41) is 7.12. The van der Waals surface area contributed by atoms with Crippen molar-refractivity contribution in [2.75, 3.05) is 26.3 Å². The van der Waals surface area contributed by atoms with Crippen LogP contribution in [0.3, 0.4) is 0 Å². The Balaban J connectivity index is 0.000000429. The minimum Gasteiger partial charge on any atom is -0.475 e. The summed E-state index contributed by atoms with van der Waals surface area (Å²) in [6.45, 7) is 4.70. The van der Waals surface area contributed by atoms with Crippen LogP contribution in [0.25, 0.3) is 0 Å². The van der Waals surface area contributed by atoms with Crippen molar-refractivity contribution < 1.29 is 41.0 Å². The summed E-state index contributed by atoms with van der Waals surface area (Å²) in [5.74, 6) is -2.43. The molecular formula is C23H27F3N2O6S. The molecule has 2 aromatic rings. The molecule has 12 heteroatoms. The molecule has 0 aliphatic carbocycles. The maximum atomic E-state index is 12.8. The topological polar surface area (TPSA) is 106 Å². The van der Waals surface area contributed by atoms with Gasteiger partial charge in [-0.05, 0) is 55.5 Å². The van der Waals surface area contributed by atoms with E-state index in [2.05, 4.69) is 4.98 Å². The Bertz CT molecular complexity index is 1090. The second kappa shape index (κ2) is 11.0. The van der Waals surface area contributed by atoms with Gasteiger partial charge >= 0.3 is 12.1 Å². The molecule has 2 aliphatic rings. The molecule has 1 aromatic heterocycles. The molecule has 2 fully saturated rings. The predicted octanol–water partition coefficient (Wildman–Crippen LogP) is 3.41. The van der Waals surface area contributed by atoms with Crippen LogP contribution < -0.4 is 0 Å². The van der Waals surface area contributed by atoms with Crippen molar-refractivity contribution in [3.05, 3.63) is 59.9 Å². The highest BCUT2D eigenvalue weighted by molar-refractivity contribution is 7.89. The molecule has 1 spiro atoms. The van der Waals surface area contributed by atoms with E-state index in [9.17, 15) is 21.6 Å². The van der Waals surface area contributed by atoms with Crippen LogP contribution in [-0.2, 0) is 30.9 Å². The number of benzene rings is 1. The van der Waals surface area contributed by atoms with Crippen molar-refractivity contribution in [1.29, 1.82) is 0 Å². The first-order valence-corrected chi connectivity index (χ1v) is 12.4. The lowest BCUT2D eigenvalue weighted by Gasteiger charge is -2.49. The van der Waals surface area contributed by atoms with E-state index in [-0.39, 0.29) is 5.60 Å². The number of ether oxygens (including phenoxy) is 2. The molecule has 4 rings (SSSR count). The molecule has 0 bridgehead atoms. The Kier molecular flexibility index (Phi) is 8.52. The minimum absolute atomic E-state index is 0.328. The van der Waals surface area contributed by atoms with E-state index in [1.807, 2.05) is 31.2 Å². The predicted molar refractivity (Wildman–Crippen MR) is 119 cm³/mol. The second-order valence-electron chi connectivity index (χ2n) is 8.48. The fourth-order valence-electron chi connectivity index (χ4n) is 4.02. The zero-order valence-corrected chi connectivity index (χ0v) is 19.9. The number of hydrogen-bond acceptors (Lipinski definition) is 6. The lowest BCUT2D eigenvalue weighted by Crippen LogP contribution is -2.65.